The van der Waals surface area contributed by atoms with E-state index < -0.39 is 0 Å². The predicted molar refractivity (Wildman–Crippen MR) is 70.2 cm³/mol. The van der Waals surface area contributed by atoms with E-state index >= 15 is 0 Å². The van der Waals surface area contributed by atoms with E-state index in [9.17, 15) is 9.59 Å². The molecule has 0 aliphatic rings. The highest BCUT2D eigenvalue weighted by atomic mass is 16.5. The number of nitrogens with one attached hydrogen (secondary N) is 1. The van der Waals surface area contributed by atoms with Crippen LogP contribution in [-0.2, 0) is 6.54 Å². The highest BCUT2D eigenvalue weighted by Gasteiger charge is 2.09. The number of aromatic nitrogens is 2. The first-order chi connectivity index (χ1) is 8.52. The molecule has 5 nitrogen and oxygen atoms in total. The smallest absolute Gasteiger partial charge is 0.328 e. The average Bonchev–Trinajstić information content (AvgIpc) is 2.33. The fourth-order valence-corrected chi connectivity index (χ4v) is 1.89. The Kier molecular flexibility index (Phi) is 3.23. The number of H-pyrrole nitrogens is 1. The van der Waals surface area contributed by atoms with Gasteiger partial charge >= 0.3 is 5.69 Å². The minimum absolute atomic E-state index is 0.236. The van der Waals surface area contributed by atoms with E-state index in [-0.39, 0.29) is 17.2 Å². The second kappa shape index (κ2) is 4.68. The molecule has 5 heteroatoms. The summed E-state index contributed by atoms with van der Waals surface area (Å²) in [6.45, 7) is 4.34. The lowest BCUT2D eigenvalue weighted by molar-refractivity contribution is 0.415. The predicted octanol–water partition coefficient (Wildman–Crippen LogP) is 1.35. The number of hydrogen-bond acceptors (Lipinski definition) is 3. The Morgan fingerprint density at radius 3 is 2.67 bits per heavy atom. The lowest BCUT2D eigenvalue weighted by Crippen LogP contribution is -2.36. The van der Waals surface area contributed by atoms with Crippen molar-refractivity contribution in [1.29, 1.82) is 0 Å². The number of nitrogens with zero attached hydrogens (tertiary/aromatic N) is 1. The molecule has 0 bridgehead atoms. The first-order valence-electron chi connectivity index (χ1n) is 5.84. The average molecular weight is 248 g/mol. The highest BCUT2D eigenvalue weighted by molar-refractivity contribution is 5.78. The van der Waals surface area contributed by atoms with Gasteiger partial charge in [0.15, 0.2) is 0 Å². The molecule has 18 heavy (non-hydrogen) atoms. The van der Waals surface area contributed by atoms with Crippen LogP contribution in [0.5, 0.6) is 5.75 Å². The quantitative estimate of drug-likeness (QED) is 0.891. The zero-order chi connectivity index (χ0) is 13.3. The summed E-state index contributed by atoms with van der Waals surface area (Å²) in [7, 11) is 1.54. The van der Waals surface area contributed by atoms with Crippen LogP contribution in [-0.4, -0.2) is 16.7 Å². The molecule has 1 N–H and O–H groups in total. The van der Waals surface area contributed by atoms with Crippen molar-refractivity contribution >= 4 is 10.9 Å². The Morgan fingerprint density at radius 1 is 1.33 bits per heavy atom. The van der Waals surface area contributed by atoms with E-state index in [4.69, 9.17) is 4.74 Å². The van der Waals surface area contributed by atoms with Crippen LogP contribution in [0.15, 0.2) is 27.8 Å². The molecule has 0 saturated carbocycles. The summed E-state index contributed by atoms with van der Waals surface area (Å²) in [5.74, 6) is 0.846. The van der Waals surface area contributed by atoms with Crippen LogP contribution in [0.2, 0.25) is 0 Å². The molecule has 1 aromatic heterocycles. The molecule has 0 spiro atoms. The molecule has 1 aromatic carbocycles. The van der Waals surface area contributed by atoms with Gasteiger partial charge in [0.2, 0.25) is 0 Å². The van der Waals surface area contributed by atoms with Gasteiger partial charge in [0.05, 0.1) is 18.0 Å². The van der Waals surface area contributed by atoms with Crippen molar-refractivity contribution in [3.8, 4) is 5.75 Å². The van der Waals surface area contributed by atoms with Crippen LogP contribution >= 0.6 is 0 Å². The topological polar surface area (TPSA) is 64.1 Å². The van der Waals surface area contributed by atoms with Gasteiger partial charge in [-0.25, -0.2) is 4.79 Å². The Bertz CT molecular complexity index is 683. The van der Waals surface area contributed by atoms with Gasteiger partial charge < -0.3 is 9.72 Å². The second-order valence-electron chi connectivity index (χ2n) is 4.65. The van der Waals surface area contributed by atoms with Crippen molar-refractivity contribution < 1.29 is 4.74 Å². The van der Waals surface area contributed by atoms with Gasteiger partial charge in [-0.15, -0.1) is 0 Å². The summed E-state index contributed by atoms with van der Waals surface area (Å²) in [5.41, 5.74) is -0.135. The maximum atomic E-state index is 12.2. The van der Waals surface area contributed by atoms with Crippen molar-refractivity contribution in [1.82, 2.24) is 9.55 Å². The molecule has 0 saturated heterocycles. The first kappa shape index (κ1) is 12.4. The minimum atomic E-state index is -0.380. The number of methoxy groups -OCH3 is 1. The van der Waals surface area contributed by atoms with Gasteiger partial charge in [-0.2, -0.15) is 0 Å². The van der Waals surface area contributed by atoms with E-state index in [1.165, 1.54) is 4.57 Å². The molecule has 0 aliphatic carbocycles. The molecule has 0 amide bonds. The van der Waals surface area contributed by atoms with Gasteiger partial charge in [0, 0.05) is 12.6 Å². The van der Waals surface area contributed by atoms with Gasteiger partial charge in [-0.1, -0.05) is 13.8 Å². The molecule has 0 radical (unpaired) electrons. The van der Waals surface area contributed by atoms with Crippen molar-refractivity contribution in [2.75, 3.05) is 7.11 Å². The molecule has 2 aromatic rings. The van der Waals surface area contributed by atoms with Gasteiger partial charge in [-0.3, -0.25) is 9.36 Å². The third-order valence-electron chi connectivity index (χ3n) is 2.74. The minimum Gasteiger partial charge on any atom is -0.497 e. The maximum absolute atomic E-state index is 12.2. The zero-order valence-electron chi connectivity index (χ0n) is 10.7. The van der Waals surface area contributed by atoms with Crippen molar-refractivity contribution in [2.24, 2.45) is 5.92 Å². The molecular formula is C13H16N2O3. The van der Waals surface area contributed by atoms with Crippen LogP contribution in [0.25, 0.3) is 10.9 Å². The molecule has 0 unspecified atom stereocenters. The standard InChI is InChI=1S/C13H16N2O3/c1-8(2)7-15-12(16)10-5-4-9(18-3)6-11(10)14-13(15)17/h4-6,8H,7H2,1-3H3,(H,14,17). The summed E-state index contributed by atoms with van der Waals surface area (Å²) >= 11 is 0. The fourth-order valence-electron chi connectivity index (χ4n) is 1.89. The van der Waals surface area contributed by atoms with E-state index in [0.717, 1.165) is 0 Å². The van der Waals surface area contributed by atoms with E-state index in [1.807, 2.05) is 13.8 Å². The summed E-state index contributed by atoms with van der Waals surface area (Å²) < 4.78 is 6.30. The third kappa shape index (κ3) is 2.16. The van der Waals surface area contributed by atoms with Crippen LogP contribution in [0.3, 0.4) is 0 Å². The van der Waals surface area contributed by atoms with Crippen LogP contribution < -0.4 is 16.0 Å². The van der Waals surface area contributed by atoms with Gasteiger partial charge in [-0.05, 0) is 18.1 Å². The van der Waals surface area contributed by atoms with Crippen LogP contribution in [0, 0.1) is 5.92 Å². The number of aromatic amines is 1. The monoisotopic (exact) mass is 248 g/mol. The SMILES string of the molecule is COc1ccc2c(=O)n(CC(C)C)c(=O)[nH]c2c1. The number of hydrogen-bond donors (Lipinski definition) is 1. The lowest BCUT2D eigenvalue weighted by atomic mass is 10.2. The maximum Gasteiger partial charge on any atom is 0.328 e. The Labute approximate surface area is 104 Å². The van der Waals surface area contributed by atoms with E-state index in [2.05, 4.69) is 4.98 Å². The highest BCUT2D eigenvalue weighted by Crippen LogP contribution is 2.15. The van der Waals surface area contributed by atoms with Crippen molar-refractivity contribution in [2.45, 2.75) is 20.4 Å². The molecule has 0 aliphatic heterocycles. The molecule has 2 rings (SSSR count). The first-order valence-corrected chi connectivity index (χ1v) is 5.84. The molecular weight excluding hydrogens is 232 g/mol. The number of benzene rings is 1. The van der Waals surface area contributed by atoms with Gasteiger partial charge in [0.25, 0.3) is 5.56 Å². The van der Waals surface area contributed by atoms with Crippen LogP contribution in [0.4, 0.5) is 0 Å². The van der Waals surface area contributed by atoms with Crippen molar-refractivity contribution in [3.05, 3.63) is 39.0 Å². The normalized spacial score (nSPS) is 11.1. The summed E-state index contributed by atoms with van der Waals surface area (Å²) in [4.78, 5) is 26.7. The van der Waals surface area contributed by atoms with E-state index in [0.29, 0.717) is 23.2 Å². The fraction of sp³-hybridized carbons (Fsp3) is 0.385. The Balaban J connectivity index is 2.71. The molecule has 1 heterocycles. The number of fused-ring (bicyclic) bond motifs is 1. The van der Waals surface area contributed by atoms with Crippen molar-refractivity contribution in [3.63, 3.8) is 0 Å². The Hall–Kier alpha value is -2.04. The third-order valence-corrected chi connectivity index (χ3v) is 2.74. The Morgan fingerprint density at radius 2 is 2.06 bits per heavy atom. The molecule has 0 atom stereocenters. The van der Waals surface area contributed by atoms with Crippen LogP contribution in [0.1, 0.15) is 13.8 Å². The number of rotatable bonds is 3. The zero-order valence-corrected chi connectivity index (χ0v) is 10.7. The van der Waals surface area contributed by atoms with E-state index in [1.54, 1.807) is 25.3 Å². The number of ether oxygens (including phenoxy) is 1. The lowest BCUT2D eigenvalue weighted by Gasteiger charge is -2.09. The largest absolute Gasteiger partial charge is 0.497 e. The summed E-state index contributed by atoms with van der Waals surface area (Å²) in [5, 5.41) is 0.496. The molecule has 0 fully saturated rings. The summed E-state index contributed by atoms with van der Waals surface area (Å²) in [6.07, 6.45) is 0. The summed E-state index contributed by atoms with van der Waals surface area (Å²) in [6, 6.07) is 5.03. The second-order valence-corrected chi connectivity index (χ2v) is 4.65. The van der Waals surface area contributed by atoms with Gasteiger partial charge in [0.1, 0.15) is 5.75 Å². The molecule has 96 valence electrons.